The van der Waals surface area contributed by atoms with Crippen LogP contribution in [0.3, 0.4) is 0 Å². The zero-order valence-electron chi connectivity index (χ0n) is 15.1. The van der Waals surface area contributed by atoms with Crippen LogP contribution < -0.4 is 0 Å². The topological polar surface area (TPSA) is 27.7 Å². The molecule has 0 amide bonds. The van der Waals surface area contributed by atoms with Gasteiger partial charge in [-0.2, -0.15) is 0 Å². The standard InChI is InChI=1S/C13H34O3Si4/c1-11-14-19(9)13(3,4)16-20(10,15-12-2)18(7,8)17(19,5)6/h11-12H2,1-10H3. The smallest absolute Gasteiger partial charge is 0.310 e. The van der Waals surface area contributed by atoms with Crippen LogP contribution in [-0.2, 0) is 13.3 Å². The van der Waals surface area contributed by atoms with E-state index in [2.05, 4.69) is 67.0 Å². The summed E-state index contributed by atoms with van der Waals surface area (Å²) >= 11 is 0. The van der Waals surface area contributed by atoms with Gasteiger partial charge in [0.05, 0.1) is 12.3 Å². The fourth-order valence-corrected chi connectivity index (χ4v) is 67.3. The molecule has 1 aliphatic rings. The molecule has 0 aromatic rings. The third-order valence-corrected chi connectivity index (χ3v) is 67.5. The van der Waals surface area contributed by atoms with Gasteiger partial charge in [-0.3, -0.25) is 0 Å². The first-order valence-corrected chi connectivity index (χ1v) is 21.5. The average Bonchev–Trinajstić information content (AvgIpc) is 2.26. The van der Waals surface area contributed by atoms with Crippen LogP contribution >= 0.6 is 0 Å². The van der Waals surface area contributed by atoms with E-state index in [1.807, 2.05) is 0 Å². The van der Waals surface area contributed by atoms with Gasteiger partial charge < -0.3 is 13.3 Å². The quantitative estimate of drug-likeness (QED) is 0.723. The molecule has 0 saturated carbocycles. The van der Waals surface area contributed by atoms with Crippen molar-refractivity contribution < 1.29 is 13.3 Å². The molecule has 120 valence electrons. The first-order valence-electron chi connectivity index (χ1n) is 7.81. The van der Waals surface area contributed by atoms with Gasteiger partial charge in [-0.1, -0.05) is 26.2 Å². The maximum atomic E-state index is 6.77. The minimum Gasteiger partial charge on any atom is -0.418 e. The maximum Gasteiger partial charge on any atom is 0.310 e. The van der Waals surface area contributed by atoms with Crippen molar-refractivity contribution in [1.82, 2.24) is 0 Å². The highest BCUT2D eigenvalue weighted by Gasteiger charge is 2.75. The fraction of sp³-hybridized carbons (Fsp3) is 1.00. The highest BCUT2D eigenvalue weighted by Crippen LogP contribution is 2.48. The van der Waals surface area contributed by atoms with Gasteiger partial charge in [-0.05, 0) is 40.8 Å². The average molecular weight is 351 g/mol. The monoisotopic (exact) mass is 350 g/mol. The van der Waals surface area contributed by atoms with Gasteiger partial charge in [0.2, 0.25) is 7.83 Å². The summed E-state index contributed by atoms with van der Waals surface area (Å²) in [6.45, 7) is 25.2. The van der Waals surface area contributed by atoms with Crippen LogP contribution in [0.15, 0.2) is 0 Å². The Balaban J connectivity index is 3.45. The lowest BCUT2D eigenvalue weighted by atomic mass is 10.5. The number of hydrogen-bond acceptors (Lipinski definition) is 3. The Morgan fingerprint density at radius 2 is 1.25 bits per heavy atom. The van der Waals surface area contributed by atoms with Crippen molar-refractivity contribution in [3.8, 4) is 0 Å². The summed E-state index contributed by atoms with van der Waals surface area (Å²) < 4.78 is 19.6. The summed E-state index contributed by atoms with van der Waals surface area (Å²) in [5.41, 5.74) is 0. The lowest BCUT2D eigenvalue weighted by Crippen LogP contribution is -2.92. The Morgan fingerprint density at radius 3 is 1.65 bits per heavy atom. The summed E-state index contributed by atoms with van der Waals surface area (Å²) in [4.78, 5) is 0. The predicted molar refractivity (Wildman–Crippen MR) is 96.6 cm³/mol. The maximum absolute atomic E-state index is 6.77. The third-order valence-electron chi connectivity index (χ3n) is 6.34. The summed E-state index contributed by atoms with van der Waals surface area (Å²) in [7, 11) is -7.13. The van der Waals surface area contributed by atoms with Crippen molar-refractivity contribution in [3.63, 3.8) is 0 Å². The van der Waals surface area contributed by atoms with Crippen molar-refractivity contribution in [1.29, 1.82) is 0 Å². The Kier molecular flexibility index (Phi) is 5.10. The largest absolute Gasteiger partial charge is 0.418 e. The van der Waals surface area contributed by atoms with Crippen LogP contribution in [0.5, 0.6) is 0 Å². The second kappa shape index (κ2) is 5.43. The van der Waals surface area contributed by atoms with Gasteiger partial charge in [0.15, 0.2) is 0 Å². The van der Waals surface area contributed by atoms with Crippen LogP contribution in [0.25, 0.3) is 0 Å². The van der Waals surface area contributed by atoms with Gasteiger partial charge in [0.1, 0.15) is 7.11 Å². The van der Waals surface area contributed by atoms with E-state index in [9.17, 15) is 0 Å². The Hall–Kier alpha value is 0.748. The van der Waals surface area contributed by atoms with Crippen LogP contribution in [0.1, 0.15) is 27.7 Å². The highest BCUT2D eigenvalue weighted by molar-refractivity contribution is 7.82. The summed E-state index contributed by atoms with van der Waals surface area (Å²) in [6, 6.07) is 0. The van der Waals surface area contributed by atoms with Crippen LogP contribution in [-0.4, -0.2) is 48.6 Å². The molecule has 3 nitrogen and oxygen atoms in total. The van der Waals surface area contributed by atoms with Crippen molar-refractivity contribution >= 4 is 30.1 Å². The Labute approximate surface area is 129 Å². The minimum absolute atomic E-state index is 0.141. The van der Waals surface area contributed by atoms with Crippen LogP contribution in [0.4, 0.5) is 0 Å². The second-order valence-corrected chi connectivity index (χ2v) is 43.7. The van der Waals surface area contributed by atoms with Gasteiger partial charge in [-0.15, -0.1) is 0 Å². The Morgan fingerprint density at radius 1 is 0.800 bits per heavy atom. The fourth-order valence-electron chi connectivity index (χ4n) is 3.76. The van der Waals surface area contributed by atoms with Crippen molar-refractivity contribution in [2.24, 2.45) is 0 Å². The first-order chi connectivity index (χ1) is 8.83. The predicted octanol–water partition coefficient (Wildman–Crippen LogP) is 3.71. The third kappa shape index (κ3) is 2.29. The first kappa shape index (κ1) is 18.8. The zero-order valence-corrected chi connectivity index (χ0v) is 19.1. The van der Waals surface area contributed by atoms with E-state index in [-0.39, 0.29) is 5.22 Å². The molecule has 1 rings (SSSR count). The lowest BCUT2D eigenvalue weighted by molar-refractivity contribution is 0.0983. The highest BCUT2D eigenvalue weighted by atomic mass is 29.8. The molecule has 1 heterocycles. The molecule has 1 saturated heterocycles. The molecule has 0 N–H and O–H groups in total. The molecule has 1 fully saturated rings. The van der Waals surface area contributed by atoms with Crippen LogP contribution in [0.2, 0.25) is 39.3 Å². The molecule has 7 heteroatoms. The van der Waals surface area contributed by atoms with Gasteiger partial charge in [0, 0.05) is 13.2 Å². The summed E-state index contributed by atoms with van der Waals surface area (Å²) in [5, 5.41) is -0.141. The van der Waals surface area contributed by atoms with E-state index in [0.717, 1.165) is 13.2 Å². The van der Waals surface area contributed by atoms with Crippen molar-refractivity contribution in [2.75, 3.05) is 13.2 Å². The summed E-state index contributed by atoms with van der Waals surface area (Å²) in [6.07, 6.45) is 0. The van der Waals surface area contributed by atoms with E-state index in [1.54, 1.807) is 0 Å². The second-order valence-electron chi connectivity index (χ2n) is 7.71. The molecule has 0 spiro atoms. The van der Waals surface area contributed by atoms with Gasteiger partial charge in [0.25, 0.3) is 0 Å². The van der Waals surface area contributed by atoms with E-state index in [4.69, 9.17) is 13.3 Å². The summed E-state index contributed by atoms with van der Waals surface area (Å²) in [5.74, 6) is 0. The molecule has 2 unspecified atom stereocenters. The molecule has 0 aliphatic carbocycles. The molecule has 1 aliphatic heterocycles. The van der Waals surface area contributed by atoms with E-state index < -0.39 is 30.1 Å². The number of rotatable bonds is 4. The molecule has 0 bridgehead atoms. The molecule has 0 aromatic carbocycles. The van der Waals surface area contributed by atoms with Gasteiger partial charge in [-0.25, -0.2) is 0 Å². The minimum atomic E-state index is -2.10. The normalized spacial score (nSPS) is 38.7. The van der Waals surface area contributed by atoms with Crippen LogP contribution in [0, 0.1) is 0 Å². The number of hydrogen-bond donors (Lipinski definition) is 0. The lowest BCUT2D eigenvalue weighted by Gasteiger charge is -2.65. The van der Waals surface area contributed by atoms with E-state index in [1.165, 1.54) is 0 Å². The SMILES string of the molecule is CCO[Si]1(C)OC(C)(C)[Si](C)(OCC)[Si](C)(C)[Si]1(C)C. The van der Waals surface area contributed by atoms with Crippen molar-refractivity contribution in [3.05, 3.63) is 0 Å². The van der Waals surface area contributed by atoms with Crippen molar-refractivity contribution in [2.45, 2.75) is 72.2 Å². The molecule has 20 heavy (non-hydrogen) atoms. The van der Waals surface area contributed by atoms with E-state index >= 15 is 0 Å². The Bertz CT molecular complexity index is 373. The molecule has 0 aromatic heterocycles. The molecular weight excluding hydrogens is 316 g/mol. The van der Waals surface area contributed by atoms with Gasteiger partial charge >= 0.3 is 8.08 Å². The molecule has 2 atom stereocenters. The van der Waals surface area contributed by atoms with E-state index in [0.29, 0.717) is 0 Å². The zero-order chi connectivity index (χ0) is 16.0. The molecular formula is C13H34O3Si4. The molecule has 0 radical (unpaired) electrons.